The third-order valence-electron chi connectivity index (χ3n) is 3.34. The van der Waals surface area contributed by atoms with Gasteiger partial charge in [-0.25, -0.2) is 0 Å². The van der Waals surface area contributed by atoms with Gasteiger partial charge in [-0.15, -0.1) is 0 Å². The number of carbonyl (C=O) groups is 2. The molecule has 1 amide bonds. The van der Waals surface area contributed by atoms with E-state index in [0.717, 1.165) is 26.1 Å². The number of amides is 1. The first kappa shape index (κ1) is 17.9. The van der Waals surface area contributed by atoms with Gasteiger partial charge in [0.1, 0.15) is 0 Å². The van der Waals surface area contributed by atoms with Gasteiger partial charge in [-0.1, -0.05) is 20.8 Å². The molecule has 0 aliphatic rings. The number of methoxy groups -OCH3 is 1. The van der Waals surface area contributed by atoms with Gasteiger partial charge in [-0.05, 0) is 26.1 Å². The van der Waals surface area contributed by atoms with Crippen molar-refractivity contribution in [3.63, 3.8) is 0 Å². The topological polar surface area (TPSA) is 49.9 Å². The van der Waals surface area contributed by atoms with E-state index in [1.54, 1.807) is 18.7 Å². The van der Waals surface area contributed by atoms with E-state index in [9.17, 15) is 9.59 Å². The van der Waals surface area contributed by atoms with Crippen LogP contribution in [-0.4, -0.2) is 61.5 Å². The molecule has 0 saturated heterocycles. The van der Waals surface area contributed by atoms with Crippen molar-refractivity contribution in [2.45, 2.75) is 34.1 Å². The summed E-state index contributed by atoms with van der Waals surface area (Å²) in [6, 6.07) is 0. The second kappa shape index (κ2) is 9.78. The van der Waals surface area contributed by atoms with Crippen LogP contribution in [0.3, 0.4) is 0 Å². The van der Waals surface area contributed by atoms with Crippen molar-refractivity contribution in [3.8, 4) is 0 Å². The standard InChI is InChI=1S/C14H28N2O3/c1-6-15(7-2)9-8-10-16(13(4)17)11-12(3)14(18)19-5/h12H,6-11H2,1-5H3. The maximum atomic E-state index is 11.6. The molecule has 0 aromatic rings. The van der Waals surface area contributed by atoms with Crippen LogP contribution in [-0.2, 0) is 14.3 Å². The summed E-state index contributed by atoms with van der Waals surface area (Å²) in [4.78, 5) is 27.0. The van der Waals surface area contributed by atoms with E-state index in [-0.39, 0.29) is 17.8 Å². The summed E-state index contributed by atoms with van der Waals surface area (Å²) in [5.41, 5.74) is 0. The van der Waals surface area contributed by atoms with Crippen LogP contribution in [0.25, 0.3) is 0 Å². The zero-order valence-corrected chi connectivity index (χ0v) is 12.9. The second-order valence-corrected chi connectivity index (χ2v) is 4.77. The first-order valence-electron chi connectivity index (χ1n) is 7.01. The average Bonchev–Trinajstić information content (AvgIpc) is 2.40. The van der Waals surface area contributed by atoms with Gasteiger partial charge in [0.15, 0.2) is 0 Å². The molecule has 0 heterocycles. The molecule has 1 atom stereocenters. The average molecular weight is 272 g/mol. The van der Waals surface area contributed by atoms with Gasteiger partial charge in [0.05, 0.1) is 13.0 Å². The van der Waals surface area contributed by atoms with Gasteiger partial charge < -0.3 is 14.5 Å². The Hall–Kier alpha value is -1.10. The van der Waals surface area contributed by atoms with E-state index in [2.05, 4.69) is 23.5 Å². The van der Waals surface area contributed by atoms with E-state index >= 15 is 0 Å². The summed E-state index contributed by atoms with van der Waals surface area (Å²) >= 11 is 0. The first-order chi connectivity index (χ1) is 8.96. The van der Waals surface area contributed by atoms with Crippen LogP contribution >= 0.6 is 0 Å². The van der Waals surface area contributed by atoms with Crippen molar-refractivity contribution in [2.75, 3.05) is 39.8 Å². The fourth-order valence-corrected chi connectivity index (χ4v) is 2.01. The lowest BCUT2D eigenvalue weighted by molar-refractivity contribution is -0.146. The molecule has 5 heteroatoms. The molecule has 0 fully saturated rings. The molecule has 0 rings (SSSR count). The molecule has 0 aliphatic heterocycles. The Morgan fingerprint density at radius 3 is 2.16 bits per heavy atom. The highest BCUT2D eigenvalue weighted by Gasteiger charge is 2.19. The summed E-state index contributed by atoms with van der Waals surface area (Å²) in [5.74, 6) is -0.535. The molecule has 0 aromatic carbocycles. The first-order valence-corrected chi connectivity index (χ1v) is 7.01. The minimum absolute atomic E-state index is 0.00954. The van der Waals surface area contributed by atoms with E-state index < -0.39 is 0 Å². The summed E-state index contributed by atoms with van der Waals surface area (Å²) in [5, 5.41) is 0. The van der Waals surface area contributed by atoms with Crippen LogP contribution in [0.15, 0.2) is 0 Å². The van der Waals surface area contributed by atoms with E-state index in [4.69, 9.17) is 0 Å². The van der Waals surface area contributed by atoms with E-state index in [1.807, 2.05) is 0 Å². The lowest BCUT2D eigenvalue weighted by Crippen LogP contribution is -2.38. The zero-order chi connectivity index (χ0) is 14.8. The van der Waals surface area contributed by atoms with Crippen LogP contribution in [0.2, 0.25) is 0 Å². The molecule has 0 spiro atoms. The normalized spacial score (nSPS) is 12.3. The molecule has 0 aromatic heterocycles. The van der Waals surface area contributed by atoms with Crippen molar-refractivity contribution in [2.24, 2.45) is 5.92 Å². The highest BCUT2D eigenvalue weighted by atomic mass is 16.5. The smallest absolute Gasteiger partial charge is 0.310 e. The number of esters is 1. The number of carbonyl (C=O) groups excluding carboxylic acids is 2. The maximum absolute atomic E-state index is 11.6. The monoisotopic (exact) mass is 272 g/mol. The van der Waals surface area contributed by atoms with Gasteiger partial charge in [-0.2, -0.15) is 0 Å². The SMILES string of the molecule is CCN(CC)CCCN(CC(C)C(=O)OC)C(C)=O. The number of hydrogen-bond donors (Lipinski definition) is 0. The summed E-state index contributed by atoms with van der Waals surface area (Å²) in [6.07, 6.45) is 0.926. The van der Waals surface area contributed by atoms with E-state index in [0.29, 0.717) is 13.1 Å². The van der Waals surface area contributed by atoms with Gasteiger partial charge in [0.25, 0.3) is 0 Å². The summed E-state index contributed by atoms with van der Waals surface area (Å²) < 4.78 is 4.68. The Kier molecular flexibility index (Phi) is 9.21. The zero-order valence-electron chi connectivity index (χ0n) is 12.9. The fourth-order valence-electron chi connectivity index (χ4n) is 2.01. The van der Waals surface area contributed by atoms with Crippen LogP contribution in [0, 0.1) is 5.92 Å². The third-order valence-corrected chi connectivity index (χ3v) is 3.34. The van der Waals surface area contributed by atoms with Crippen molar-refractivity contribution < 1.29 is 14.3 Å². The molecular weight excluding hydrogens is 244 g/mol. The highest BCUT2D eigenvalue weighted by Crippen LogP contribution is 2.04. The van der Waals surface area contributed by atoms with Gasteiger partial charge in [0.2, 0.25) is 5.91 Å². The largest absolute Gasteiger partial charge is 0.469 e. The van der Waals surface area contributed by atoms with Crippen molar-refractivity contribution in [1.82, 2.24) is 9.80 Å². The third kappa shape index (κ3) is 7.15. The van der Waals surface area contributed by atoms with Crippen molar-refractivity contribution >= 4 is 11.9 Å². The minimum atomic E-state index is -0.276. The molecule has 1 unspecified atom stereocenters. The summed E-state index contributed by atoms with van der Waals surface area (Å²) in [7, 11) is 1.37. The minimum Gasteiger partial charge on any atom is -0.469 e. The molecule has 19 heavy (non-hydrogen) atoms. The predicted octanol–water partition coefficient (Wildman–Crippen LogP) is 1.38. The number of hydrogen-bond acceptors (Lipinski definition) is 4. The lowest BCUT2D eigenvalue weighted by Gasteiger charge is -2.25. The van der Waals surface area contributed by atoms with Crippen LogP contribution in [0.5, 0.6) is 0 Å². The van der Waals surface area contributed by atoms with Crippen LogP contribution in [0.1, 0.15) is 34.1 Å². The number of ether oxygens (including phenoxy) is 1. The Morgan fingerprint density at radius 2 is 1.74 bits per heavy atom. The quantitative estimate of drug-likeness (QED) is 0.595. The van der Waals surface area contributed by atoms with Gasteiger partial charge >= 0.3 is 5.97 Å². The van der Waals surface area contributed by atoms with Crippen molar-refractivity contribution in [1.29, 1.82) is 0 Å². The fraction of sp³-hybridized carbons (Fsp3) is 0.857. The predicted molar refractivity (Wildman–Crippen MR) is 75.8 cm³/mol. The van der Waals surface area contributed by atoms with Gasteiger partial charge in [0, 0.05) is 20.0 Å². The molecular formula is C14H28N2O3. The molecule has 0 N–H and O–H groups in total. The Labute approximate surface area is 116 Å². The second-order valence-electron chi connectivity index (χ2n) is 4.77. The molecule has 5 nitrogen and oxygen atoms in total. The van der Waals surface area contributed by atoms with Crippen LogP contribution < -0.4 is 0 Å². The number of nitrogens with zero attached hydrogens (tertiary/aromatic N) is 2. The molecule has 0 saturated carbocycles. The van der Waals surface area contributed by atoms with Crippen molar-refractivity contribution in [3.05, 3.63) is 0 Å². The summed E-state index contributed by atoms with van der Waals surface area (Å²) in [6.45, 7) is 11.7. The number of rotatable bonds is 9. The van der Waals surface area contributed by atoms with Gasteiger partial charge in [-0.3, -0.25) is 9.59 Å². The maximum Gasteiger partial charge on any atom is 0.310 e. The molecule has 0 radical (unpaired) electrons. The Morgan fingerprint density at radius 1 is 1.16 bits per heavy atom. The van der Waals surface area contributed by atoms with Crippen LogP contribution in [0.4, 0.5) is 0 Å². The Balaban J connectivity index is 4.20. The Bertz CT molecular complexity index is 278. The molecule has 112 valence electrons. The lowest BCUT2D eigenvalue weighted by atomic mass is 10.1. The highest BCUT2D eigenvalue weighted by molar-refractivity contribution is 5.76. The molecule has 0 bridgehead atoms. The van der Waals surface area contributed by atoms with E-state index in [1.165, 1.54) is 7.11 Å². The molecule has 0 aliphatic carbocycles.